The number of hydrogen-bond donors (Lipinski definition) is 2. The first-order chi connectivity index (χ1) is 10.3. The molecule has 5 nitrogen and oxygen atoms in total. The van der Waals surface area contributed by atoms with E-state index in [1.54, 1.807) is 24.3 Å². The van der Waals surface area contributed by atoms with Crippen LogP contribution in [0.1, 0.15) is 36.8 Å². The zero-order valence-electron chi connectivity index (χ0n) is 13.1. The molecule has 0 spiro atoms. The summed E-state index contributed by atoms with van der Waals surface area (Å²) in [4.78, 5) is 28.2. The highest BCUT2D eigenvalue weighted by atomic mass is 32.1. The Morgan fingerprint density at radius 3 is 2.23 bits per heavy atom. The number of carbonyl (C=O) groups excluding carboxylic acids is 2. The van der Waals surface area contributed by atoms with Crippen LogP contribution in [0.5, 0.6) is 0 Å². The van der Waals surface area contributed by atoms with Gasteiger partial charge in [-0.3, -0.25) is 14.9 Å². The smallest absolute Gasteiger partial charge is 0.257 e. The summed E-state index contributed by atoms with van der Waals surface area (Å²) in [5.74, 6) is -0.286. The van der Waals surface area contributed by atoms with E-state index >= 15 is 0 Å². The molecule has 0 atom stereocenters. The van der Waals surface area contributed by atoms with E-state index in [9.17, 15) is 9.59 Å². The first-order valence-electron chi connectivity index (χ1n) is 6.91. The second-order valence-corrected chi connectivity index (χ2v) is 6.89. The lowest BCUT2D eigenvalue weighted by molar-refractivity contribution is -0.123. The number of hydrogen-bond acceptors (Lipinski definition) is 4. The van der Waals surface area contributed by atoms with E-state index in [-0.39, 0.29) is 11.8 Å². The Hall–Kier alpha value is -2.21. The van der Waals surface area contributed by atoms with Crippen LogP contribution in [0.4, 0.5) is 10.8 Å². The Bertz CT molecular complexity index is 684. The third kappa shape index (κ3) is 4.14. The quantitative estimate of drug-likeness (QED) is 0.907. The largest absolute Gasteiger partial charge is 0.326 e. The molecule has 0 aliphatic heterocycles. The van der Waals surface area contributed by atoms with Gasteiger partial charge in [0, 0.05) is 22.0 Å². The fraction of sp³-hybridized carbons (Fsp3) is 0.312. The number of amides is 2. The number of carbonyl (C=O) groups is 2. The normalized spacial score (nSPS) is 11.1. The van der Waals surface area contributed by atoms with Crippen molar-refractivity contribution in [1.29, 1.82) is 0 Å². The minimum atomic E-state index is -0.460. The van der Waals surface area contributed by atoms with Crippen molar-refractivity contribution in [2.24, 2.45) is 5.41 Å². The van der Waals surface area contributed by atoms with Gasteiger partial charge < -0.3 is 5.32 Å². The van der Waals surface area contributed by atoms with E-state index in [0.717, 1.165) is 5.69 Å². The predicted molar refractivity (Wildman–Crippen MR) is 89.3 cm³/mol. The molecule has 22 heavy (non-hydrogen) atoms. The number of rotatable bonds is 3. The molecular formula is C16H19N3O2S. The molecular weight excluding hydrogens is 298 g/mol. The van der Waals surface area contributed by atoms with E-state index in [4.69, 9.17) is 0 Å². The molecule has 6 heteroatoms. The zero-order valence-corrected chi connectivity index (χ0v) is 13.9. The molecule has 0 saturated carbocycles. The number of nitrogens with zero attached hydrogens (tertiary/aromatic N) is 1. The number of thiazole rings is 1. The lowest BCUT2D eigenvalue weighted by Crippen LogP contribution is -2.27. The van der Waals surface area contributed by atoms with Crippen molar-refractivity contribution >= 4 is 34.0 Å². The molecule has 0 unspecified atom stereocenters. The summed E-state index contributed by atoms with van der Waals surface area (Å²) >= 11 is 1.39. The second-order valence-electron chi connectivity index (χ2n) is 6.03. The minimum absolute atomic E-state index is 0.0667. The van der Waals surface area contributed by atoms with Crippen molar-refractivity contribution in [3.63, 3.8) is 0 Å². The average molecular weight is 317 g/mol. The Labute approximate surface area is 133 Å². The first kappa shape index (κ1) is 16.2. The highest BCUT2D eigenvalue weighted by molar-refractivity contribution is 7.13. The van der Waals surface area contributed by atoms with Gasteiger partial charge in [-0.1, -0.05) is 20.8 Å². The van der Waals surface area contributed by atoms with Crippen LogP contribution in [0.3, 0.4) is 0 Å². The highest BCUT2D eigenvalue weighted by Crippen LogP contribution is 2.19. The summed E-state index contributed by atoms with van der Waals surface area (Å²) < 4.78 is 0. The first-order valence-corrected chi connectivity index (χ1v) is 7.78. The maximum Gasteiger partial charge on any atom is 0.257 e. The summed E-state index contributed by atoms with van der Waals surface area (Å²) in [7, 11) is 0. The molecule has 0 saturated heterocycles. The van der Waals surface area contributed by atoms with Gasteiger partial charge in [0.15, 0.2) is 5.13 Å². The van der Waals surface area contributed by atoms with Crippen molar-refractivity contribution in [3.8, 4) is 0 Å². The molecule has 0 aliphatic carbocycles. The topological polar surface area (TPSA) is 71.1 Å². The summed E-state index contributed by atoms with van der Waals surface area (Å²) in [5, 5.41) is 8.02. The zero-order chi connectivity index (χ0) is 16.3. The number of anilines is 2. The number of benzene rings is 1. The molecule has 1 heterocycles. The van der Waals surface area contributed by atoms with E-state index < -0.39 is 5.41 Å². The number of nitrogens with one attached hydrogen (secondary N) is 2. The predicted octanol–water partition coefficient (Wildman–Crippen LogP) is 3.69. The van der Waals surface area contributed by atoms with E-state index in [1.807, 2.05) is 33.1 Å². The summed E-state index contributed by atoms with van der Waals surface area (Å²) in [6, 6.07) is 6.78. The SMILES string of the molecule is Cc1csc(NC(=O)c2ccc(NC(=O)C(C)(C)C)cc2)n1. The molecule has 0 fully saturated rings. The molecule has 0 radical (unpaired) electrons. The maximum atomic E-state index is 12.1. The van der Waals surface area contributed by atoms with Crippen LogP contribution in [0.15, 0.2) is 29.6 Å². The van der Waals surface area contributed by atoms with E-state index in [0.29, 0.717) is 16.4 Å². The van der Waals surface area contributed by atoms with Gasteiger partial charge in [-0.2, -0.15) is 0 Å². The molecule has 0 bridgehead atoms. The Morgan fingerprint density at radius 1 is 1.09 bits per heavy atom. The van der Waals surface area contributed by atoms with Crippen molar-refractivity contribution in [2.75, 3.05) is 10.6 Å². The number of aromatic nitrogens is 1. The molecule has 2 amide bonds. The van der Waals surface area contributed by atoms with Crippen molar-refractivity contribution < 1.29 is 9.59 Å². The van der Waals surface area contributed by atoms with E-state index in [1.165, 1.54) is 11.3 Å². The van der Waals surface area contributed by atoms with Crippen LogP contribution in [0, 0.1) is 12.3 Å². The molecule has 1 aromatic carbocycles. The van der Waals surface area contributed by atoms with Crippen molar-refractivity contribution in [2.45, 2.75) is 27.7 Å². The third-order valence-electron chi connectivity index (χ3n) is 2.93. The van der Waals surface area contributed by atoms with Crippen molar-refractivity contribution in [1.82, 2.24) is 4.98 Å². The van der Waals surface area contributed by atoms with Gasteiger partial charge in [0.1, 0.15) is 0 Å². The van der Waals surface area contributed by atoms with Crippen LogP contribution in [-0.4, -0.2) is 16.8 Å². The van der Waals surface area contributed by atoms with E-state index in [2.05, 4.69) is 15.6 Å². The van der Waals surface area contributed by atoms with Gasteiger partial charge in [0.05, 0.1) is 5.69 Å². The van der Waals surface area contributed by atoms with Crippen LogP contribution < -0.4 is 10.6 Å². The molecule has 0 aliphatic rings. The molecule has 2 N–H and O–H groups in total. The summed E-state index contributed by atoms with van der Waals surface area (Å²) in [6.45, 7) is 7.42. The van der Waals surface area contributed by atoms with Gasteiger partial charge in [-0.25, -0.2) is 4.98 Å². The van der Waals surface area contributed by atoms with Crippen LogP contribution in [0.2, 0.25) is 0 Å². The molecule has 1 aromatic heterocycles. The average Bonchev–Trinajstić information content (AvgIpc) is 2.83. The fourth-order valence-electron chi connectivity index (χ4n) is 1.60. The minimum Gasteiger partial charge on any atom is -0.326 e. The van der Waals surface area contributed by atoms with Crippen molar-refractivity contribution in [3.05, 3.63) is 40.9 Å². The Morgan fingerprint density at radius 2 is 1.73 bits per heavy atom. The highest BCUT2D eigenvalue weighted by Gasteiger charge is 2.21. The Balaban J connectivity index is 2.02. The van der Waals surface area contributed by atoms with Crippen LogP contribution >= 0.6 is 11.3 Å². The number of aryl methyl sites for hydroxylation is 1. The standard InChI is InChI=1S/C16H19N3O2S/c1-10-9-22-15(17-10)19-13(20)11-5-7-12(8-6-11)18-14(21)16(2,3)4/h5-9H,1-4H3,(H,18,21)(H,17,19,20). The molecule has 2 rings (SSSR count). The lowest BCUT2D eigenvalue weighted by Gasteiger charge is -2.17. The maximum absolute atomic E-state index is 12.1. The third-order valence-corrected chi connectivity index (χ3v) is 3.80. The fourth-order valence-corrected chi connectivity index (χ4v) is 2.29. The lowest BCUT2D eigenvalue weighted by atomic mass is 9.95. The van der Waals surface area contributed by atoms with Gasteiger partial charge in [-0.15, -0.1) is 11.3 Å². The van der Waals surface area contributed by atoms with Gasteiger partial charge in [0.25, 0.3) is 5.91 Å². The van der Waals surface area contributed by atoms with Crippen LogP contribution in [0.25, 0.3) is 0 Å². The molecule has 2 aromatic rings. The Kier molecular flexibility index (Phi) is 4.61. The summed E-state index contributed by atoms with van der Waals surface area (Å²) in [6.07, 6.45) is 0. The second kappa shape index (κ2) is 6.27. The monoisotopic (exact) mass is 317 g/mol. The van der Waals surface area contributed by atoms with Gasteiger partial charge in [-0.05, 0) is 31.2 Å². The molecule has 116 valence electrons. The van der Waals surface area contributed by atoms with Crippen LogP contribution in [-0.2, 0) is 4.79 Å². The summed E-state index contributed by atoms with van der Waals surface area (Å²) in [5.41, 5.74) is 1.60. The van der Waals surface area contributed by atoms with Gasteiger partial charge in [0.2, 0.25) is 5.91 Å². The van der Waals surface area contributed by atoms with Gasteiger partial charge >= 0.3 is 0 Å².